The molecule has 1 aromatic heterocycles. The van der Waals surface area contributed by atoms with Gasteiger partial charge in [-0.3, -0.25) is 9.48 Å². The standard InChI is InChI=1S/C16H27N3O3S/c1-11(2)9-23(21,22)10-15(20)19-8-6-7-14(19)16-12(3)17-18(5)13(16)4/h11,14H,6-10H2,1-5H3/t14-/m1/s1. The zero-order valence-corrected chi connectivity index (χ0v) is 15.5. The van der Waals surface area contributed by atoms with Crippen LogP contribution in [0.5, 0.6) is 0 Å². The van der Waals surface area contributed by atoms with E-state index in [2.05, 4.69) is 5.10 Å². The monoisotopic (exact) mass is 341 g/mol. The number of amides is 1. The molecule has 0 aliphatic carbocycles. The Balaban J connectivity index is 2.20. The normalized spacial score (nSPS) is 18.9. The zero-order valence-electron chi connectivity index (χ0n) is 14.7. The highest BCUT2D eigenvalue weighted by atomic mass is 32.2. The minimum Gasteiger partial charge on any atom is -0.335 e. The summed E-state index contributed by atoms with van der Waals surface area (Å²) in [5, 5.41) is 4.42. The Morgan fingerprint density at radius 1 is 1.35 bits per heavy atom. The number of hydrogen-bond donors (Lipinski definition) is 0. The SMILES string of the molecule is Cc1nn(C)c(C)c1[C@H]1CCCN1C(=O)CS(=O)(=O)CC(C)C. The van der Waals surface area contributed by atoms with Gasteiger partial charge in [-0.25, -0.2) is 8.42 Å². The summed E-state index contributed by atoms with van der Waals surface area (Å²) in [6.45, 7) is 8.26. The van der Waals surface area contributed by atoms with Gasteiger partial charge in [0.2, 0.25) is 5.91 Å². The summed E-state index contributed by atoms with van der Waals surface area (Å²) in [7, 11) is -1.46. The number of aryl methyl sites for hydroxylation is 2. The average Bonchev–Trinajstić information content (AvgIpc) is 2.93. The molecule has 2 heterocycles. The molecule has 7 heteroatoms. The van der Waals surface area contributed by atoms with Crippen LogP contribution in [0.25, 0.3) is 0 Å². The van der Waals surface area contributed by atoms with Gasteiger partial charge in [0.05, 0.1) is 17.5 Å². The Kier molecular flexibility index (Phi) is 5.18. The summed E-state index contributed by atoms with van der Waals surface area (Å²) in [5.41, 5.74) is 3.02. The Morgan fingerprint density at radius 3 is 2.52 bits per heavy atom. The van der Waals surface area contributed by atoms with Crippen molar-refractivity contribution in [2.24, 2.45) is 13.0 Å². The van der Waals surface area contributed by atoms with E-state index in [1.165, 1.54) is 0 Å². The van der Waals surface area contributed by atoms with Gasteiger partial charge in [0.15, 0.2) is 9.84 Å². The smallest absolute Gasteiger partial charge is 0.238 e. The van der Waals surface area contributed by atoms with Crippen molar-refractivity contribution in [2.75, 3.05) is 18.1 Å². The summed E-state index contributed by atoms with van der Waals surface area (Å²) in [6.07, 6.45) is 1.76. The third kappa shape index (κ3) is 3.94. The molecule has 0 spiro atoms. The van der Waals surface area contributed by atoms with Crippen LogP contribution in [-0.4, -0.2) is 47.1 Å². The van der Waals surface area contributed by atoms with Crippen LogP contribution in [0.2, 0.25) is 0 Å². The molecule has 130 valence electrons. The Morgan fingerprint density at radius 2 is 2.00 bits per heavy atom. The van der Waals surface area contributed by atoms with Crippen molar-refractivity contribution in [2.45, 2.75) is 46.6 Å². The van der Waals surface area contributed by atoms with E-state index in [9.17, 15) is 13.2 Å². The summed E-state index contributed by atoms with van der Waals surface area (Å²) in [4.78, 5) is 14.3. The maximum atomic E-state index is 12.6. The summed E-state index contributed by atoms with van der Waals surface area (Å²) >= 11 is 0. The molecular formula is C16H27N3O3S. The fourth-order valence-electron chi connectivity index (χ4n) is 3.48. The van der Waals surface area contributed by atoms with E-state index in [1.54, 1.807) is 4.90 Å². The first kappa shape index (κ1) is 18.0. The molecular weight excluding hydrogens is 314 g/mol. The largest absolute Gasteiger partial charge is 0.335 e. The van der Waals surface area contributed by atoms with Crippen LogP contribution in [-0.2, 0) is 21.7 Å². The molecule has 0 saturated carbocycles. The second-order valence-electron chi connectivity index (χ2n) is 6.90. The number of hydrogen-bond acceptors (Lipinski definition) is 4. The van der Waals surface area contributed by atoms with Crippen LogP contribution in [0.3, 0.4) is 0 Å². The molecule has 1 atom stereocenters. The van der Waals surface area contributed by atoms with Gasteiger partial charge in [0.25, 0.3) is 0 Å². The number of likely N-dealkylation sites (tertiary alicyclic amines) is 1. The van der Waals surface area contributed by atoms with Gasteiger partial charge in [0, 0.05) is 24.8 Å². The molecule has 0 N–H and O–H groups in total. The molecule has 1 aliphatic heterocycles. The lowest BCUT2D eigenvalue weighted by Gasteiger charge is -2.25. The van der Waals surface area contributed by atoms with Crippen LogP contribution in [0.4, 0.5) is 0 Å². The number of nitrogens with zero attached hydrogens (tertiary/aromatic N) is 3. The first-order valence-corrected chi connectivity index (χ1v) is 9.94. The van der Waals surface area contributed by atoms with Crippen molar-refractivity contribution in [3.05, 3.63) is 17.0 Å². The van der Waals surface area contributed by atoms with E-state index < -0.39 is 9.84 Å². The van der Waals surface area contributed by atoms with E-state index in [1.807, 2.05) is 39.4 Å². The minimum atomic E-state index is -3.35. The second kappa shape index (κ2) is 6.63. The summed E-state index contributed by atoms with van der Waals surface area (Å²) in [6, 6.07) is -0.0505. The predicted molar refractivity (Wildman–Crippen MR) is 89.9 cm³/mol. The van der Waals surface area contributed by atoms with E-state index in [0.717, 1.165) is 29.8 Å². The first-order chi connectivity index (χ1) is 10.6. The number of sulfone groups is 1. The summed E-state index contributed by atoms with van der Waals surface area (Å²) in [5.74, 6) is -0.580. The molecule has 1 fully saturated rings. The highest BCUT2D eigenvalue weighted by Gasteiger charge is 2.35. The third-order valence-corrected chi connectivity index (χ3v) is 6.26. The van der Waals surface area contributed by atoms with Crippen LogP contribution in [0.15, 0.2) is 0 Å². The van der Waals surface area contributed by atoms with E-state index in [4.69, 9.17) is 0 Å². The molecule has 1 aliphatic rings. The van der Waals surface area contributed by atoms with Gasteiger partial charge in [-0.15, -0.1) is 0 Å². The van der Waals surface area contributed by atoms with Crippen molar-refractivity contribution in [1.82, 2.24) is 14.7 Å². The Bertz CT molecular complexity index is 692. The van der Waals surface area contributed by atoms with Crippen molar-refractivity contribution in [3.63, 3.8) is 0 Å². The van der Waals surface area contributed by atoms with Gasteiger partial charge in [-0.1, -0.05) is 13.8 Å². The molecule has 2 rings (SSSR count). The average molecular weight is 341 g/mol. The maximum absolute atomic E-state index is 12.6. The topological polar surface area (TPSA) is 72.3 Å². The Hall–Kier alpha value is -1.37. The van der Waals surface area contributed by atoms with Crippen LogP contribution in [0.1, 0.15) is 49.7 Å². The lowest BCUT2D eigenvalue weighted by molar-refractivity contribution is -0.129. The summed E-state index contributed by atoms with van der Waals surface area (Å²) < 4.78 is 26.1. The Labute approximate surface area is 138 Å². The highest BCUT2D eigenvalue weighted by molar-refractivity contribution is 7.92. The van der Waals surface area contributed by atoms with Crippen LogP contribution in [0, 0.1) is 19.8 Å². The lowest BCUT2D eigenvalue weighted by atomic mass is 10.0. The van der Waals surface area contributed by atoms with Gasteiger partial charge in [-0.05, 0) is 32.6 Å². The fourth-order valence-corrected chi connectivity index (χ4v) is 5.15. The van der Waals surface area contributed by atoms with Gasteiger partial charge >= 0.3 is 0 Å². The lowest BCUT2D eigenvalue weighted by Crippen LogP contribution is -2.36. The van der Waals surface area contributed by atoms with Crippen molar-refractivity contribution >= 4 is 15.7 Å². The fraction of sp³-hybridized carbons (Fsp3) is 0.750. The van der Waals surface area contributed by atoms with E-state index in [-0.39, 0.29) is 29.4 Å². The quantitative estimate of drug-likeness (QED) is 0.818. The van der Waals surface area contributed by atoms with Gasteiger partial charge in [-0.2, -0.15) is 5.10 Å². The molecule has 1 aromatic rings. The highest BCUT2D eigenvalue weighted by Crippen LogP contribution is 2.35. The number of rotatable bonds is 5. The second-order valence-corrected chi connectivity index (χ2v) is 9.01. The molecule has 0 unspecified atom stereocenters. The van der Waals surface area contributed by atoms with Crippen molar-refractivity contribution < 1.29 is 13.2 Å². The zero-order chi connectivity index (χ0) is 17.4. The number of aromatic nitrogens is 2. The molecule has 6 nitrogen and oxygen atoms in total. The first-order valence-electron chi connectivity index (χ1n) is 8.12. The van der Waals surface area contributed by atoms with E-state index in [0.29, 0.717) is 6.54 Å². The third-order valence-electron chi connectivity index (χ3n) is 4.40. The molecule has 0 bridgehead atoms. The van der Waals surface area contributed by atoms with Crippen molar-refractivity contribution in [3.8, 4) is 0 Å². The van der Waals surface area contributed by atoms with E-state index >= 15 is 0 Å². The molecule has 0 aromatic carbocycles. The number of carbonyl (C=O) groups is 1. The van der Waals surface area contributed by atoms with Gasteiger partial charge < -0.3 is 4.90 Å². The predicted octanol–water partition coefficient (Wildman–Crippen LogP) is 1.77. The molecule has 1 amide bonds. The van der Waals surface area contributed by atoms with Gasteiger partial charge in [0.1, 0.15) is 5.75 Å². The molecule has 0 radical (unpaired) electrons. The molecule has 23 heavy (non-hydrogen) atoms. The minimum absolute atomic E-state index is 0.0324. The maximum Gasteiger partial charge on any atom is 0.238 e. The van der Waals surface area contributed by atoms with Crippen molar-refractivity contribution in [1.29, 1.82) is 0 Å². The van der Waals surface area contributed by atoms with Crippen LogP contribution >= 0.6 is 0 Å². The molecule has 1 saturated heterocycles. The van der Waals surface area contributed by atoms with Crippen LogP contribution < -0.4 is 0 Å². The number of carbonyl (C=O) groups excluding carboxylic acids is 1.